The molecule has 0 aliphatic rings. The molecule has 3 aromatic rings. The number of hydrogen-bond acceptors (Lipinski definition) is 3. The van der Waals surface area contributed by atoms with Crippen molar-refractivity contribution in [2.75, 3.05) is 10.6 Å². The number of carbonyl (C=O) groups is 2. The number of carbonyl (C=O) groups excluding carboxylic acids is 2. The van der Waals surface area contributed by atoms with E-state index in [9.17, 15) is 14.0 Å². The van der Waals surface area contributed by atoms with E-state index < -0.39 is 11.7 Å². The third-order valence-corrected chi connectivity index (χ3v) is 4.91. The zero-order valence-corrected chi connectivity index (χ0v) is 18.8. The van der Waals surface area contributed by atoms with Crippen LogP contribution in [0.1, 0.15) is 47.1 Å². The number of anilines is 2. The van der Waals surface area contributed by atoms with Crippen LogP contribution in [0.2, 0.25) is 0 Å². The maximum atomic E-state index is 13.3. The van der Waals surface area contributed by atoms with Gasteiger partial charge in [-0.2, -0.15) is 0 Å². The fourth-order valence-corrected chi connectivity index (χ4v) is 3.18. The number of hydrogen-bond donors (Lipinski definition) is 3. The number of halogens is 1. The van der Waals surface area contributed by atoms with E-state index in [4.69, 9.17) is 12.2 Å². The Balaban J connectivity index is 1.61. The van der Waals surface area contributed by atoms with Crippen LogP contribution in [-0.4, -0.2) is 16.9 Å². The van der Waals surface area contributed by atoms with E-state index in [0.29, 0.717) is 16.9 Å². The second-order valence-corrected chi connectivity index (χ2v) is 8.69. The largest absolute Gasteiger partial charge is 0.332 e. The summed E-state index contributed by atoms with van der Waals surface area (Å²) in [7, 11) is 0. The van der Waals surface area contributed by atoms with Crippen LogP contribution in [0.3, 0.4) is 0 Å². The number of thiocarbonyl (C=S) groups is 1. The summed E-state index contributed by atoms with van der Waals surface area (Å²) in [5.41, 5.74) is 3.02. The van der Waals surface area contributed by atoms with Crippen LogP contribution in [0.5, 0.6) is 0 Å². The van der Waals surface area contributed by atoms with Crippen LogP contribution in [0, 0.1) is 5.82 Å². The zero-order chi connectivity index (χ0) is 23.3. The summed E-state index contributed by atoms with van der Waals surface area (Å²) in [5.74, 6) is -1.26. The second kappa shape index (κ2) is 9.70. The summed E-state index contributed by atoms with van der Waals surface area (Å²) in [6.07, 6.45) is 0. The summed E-state index contributed by atoms with van der Waals surface area (Å²) < 4.78 is 13.3. The number of benzene rings is 3. The first-order valence-electron chi connectivity index (χ1n) is 10.0. The van der Waals surface area contributed by atoms with Gasteiger partial charge in [0.2, 0.25) is 0 Å². The minimum Gasteiger partial charge on any atom is -0.332 e. The molecule has 0 spiro atoms. The molecule has 0 fully saturated rings. The maximum absolute atomic E-state index is 13.3. The van der Waals surface area contributed by atoms with Crippen molar-refractivity contribution in [3.05, 3.63) is 95.3 Å². The Morgan fingerprint density at radius 3 is 2.03 bits per heavy atom. The second-order valence-electron chi connectivity index (χ2n) is 8.28. The first-order chi connectivity index (χ1) is 15.1. The molecule has 0 saturated heterocycles. The van der Waals surface area contributed by atoms with Crippen molar-refractivity contribution in [2.45, 2.75) is 26.2 Å². The lowest BCUT2D eigenvalue weighted by Crippen LogP contribution is -2.34. The van der Waals surface area contributed by atoms with Crippen LogP contribution in [0.25, 0.3) is 0 Å². The molecule has 0 aliphatic carbocycles. The lowest BCUT2D eigenvalue weighted by atomic mass is 9.87. The molecule has 0 bridgehead atoms. The SMILES string of the molecule is CC(C)(C)c1ccc(C(=O)Nc2cccc(NC(=S)NC(=O)c3cccc(F)c3)c2)cc1. The Bertz CT molecular complexity index is 1150. The zero-order valence-electron chi connectivity index (χ0n) is 18.0. The van der Waals surface area contributed by atoms with Crippen molar-refractivity contribution in [3.63, 3.8) is 0 Å². The summed E-state index contributed by atoms with van der Waals surface area (Å²) in [4.78, 5) is 24.8. The molecule has 3 N–H and O–H groups in total. The highest BCUT2D eigenvalue weighted by atomic mass is 32.1. The monoisotopic (exact) mass is 449 g/mol. The normalized spacial score (nSPS) is 10.9. The lowest BCUT2D eigenvalue weighted by molar-refractivity contribution is 0.0976. The predicted molar refractivity (Wildman–Crippen MR) is 130 cm³/mol. The minimum absolute atomic E-state index is 0.0114. The van der Waals surface area contributed by atoms with E-state index in [-0.39, 0.29) is 22.0 Å². The summed E-state index contributed by atoms with van der Waals surface area (Å²) in [6.45, 7) is 6.35. The van der Waals surface area contributed by atoms with Gasteiger partial charge in [-0.25, -0.2) is 4.39 Å². The average molecular weight is 450 g/mol. The van der Waals surface area contributed by atoms with Crippen molar-refractivity contribution in [1.82, 2.24) is 5.32 Å². The van der Waals surface area contributed by atoms with Gasteiger partial charge in [-0.15, -0.1) is 0 Å². The molecule has 5 nitrogen and oxygen atoms in total. The van der Waals surface area contributed by atoms with Gasteiger partial charge in [0.15, 0.2) is 5.11 Å². The predicted octanol–water partition coefficient (Wildman–Crippen LogP) is 5.50. The van der Waals surface area contributed by atoms with E-state index in [1.807, 2.05) is 12.1 Å². The highest BCUT2D eigenvalue weighted by molar-refractivity contribution is 7.80. The molecule has 164 valence electrons. The van der Waals surface area contributed by atoms with E-state index >= 15 is 0 Å². The fraction of sp³-hybridized carbons (Fsp3) is 0.160. The summed E-state index contributed by atoms with van der Waals surface area (Å²) in [5, 5.41) is 8.30. The van der Waals surface area contributed by atoms with E-state index in [1.165, 1.54) is 18.2 Å². The van der Waals surface area contributed by atoms with E-state index in [1.54, 1.807) is 36.4 Å². The van der Waals surface area contributed by atoms with Crippen LogP contribution >= 0.6 is 12.2 Å². The highest BCUT2D eigenvalue weighted by Crippen LogP contribution is 2.23. The number of nitrogens with one attached hydrogen (secondary N) is 3. The molecule has 3 rings (SSSR count). The molecule has 0 aromatic heterocycles. The van der Waals surface area contributed by atoms with Crippen LogP contribution in [-0.2, 0) is 5.41 Å². The number of amides is 2. The van der Waals surface area contributed by atoms with Crippen LogP contribution in [0.4, 0.5) is 15.8 Å². The third-order valence-electron chi connectivity index (χ3n) is 4.71. The average Bonchev–Trinajstić information content (AvgIpc) is 2.73. The number of rotatable bonds is 4. The molecule has 0 unspecified atom stereocenters. The molecule has 0 radical (unpaired) electrons. The molecule has 7 heteroatoms. The topological polar surface area (TPSA) is 70.2 Å². The van der Waals surface area contributed by atoms with Gasteiger partial charge in [-0.3, -0.25) is 14.9 Å². The van der Waals surface area contributed by atoms with Crippen molar-refractivity contribution in [3.8, 4) is 0 Å². The van der Waals surface area contributed by atoms with Gasteiger partial charge < -0.3 is 10.6 Å². The van der Waals surface area contributed by atoms with Crippen molar-refractivity contribution in [1.29, 1.82) is 0 Å². The molecule has 32 heavy (non-hydrogen) atoms. The van der Waals surface area contributed by atoms with E-state index in [0.717, 1.165) is 11.6 Å². The van der Waals surface area contributed by atoms with Gasteiger partial charge in [0.05, 0.1) is 0 Å². The Morgan fingerprint density at radius 2 is 1.41 bits per heavy atom. The van der Waals surface area contributed by atoms with Crippen LogP contribution < -0.4 is 16.0 Å². The van der Waals surface area contributed by atoms with Gasteiger partial charge in [-0.05, 0) is 71.7 Å². The molecule has 3 aromatic carbocycles. The maximum Gasteiger partial charge on any atom is 0.257 e. The molecule has 0 aliphatic heterocycles. The van der Waals surface area contributed by atoms with Crippen molar-refractivity contribution < 1.29 is 14.0 Å². The van der Waals surface area contributed by atoms with Gasteiger partial charge in [0, 0.05) is 22.5 Å². The first-order valence-corrected chi connectivity index (χ1v) is 10.4. The molecular weight excluding hydrogens is 425 g/mol. The Hall–Kier alpha value is -3.58. The molecule has 0 atom stereocenters. The lowest BCUT2D eigenvalue weighted by Gasteiger charge is -2.19. The molecule has 0 saturated carbocycles. The Morgan fingerprint density at radius 1 is 0.781 bits per heavy atom. The van der Waals surface area contributed by atoms with Gasteiger partial charge in [0.1, 0.15) is 5.82 Å². The summed E-state index contributed by atoms with van der Waals surface area (Å²) in [6, 6.07) is 19.8. The van der Waals surface area contributed by atoms with Crippen LogP contribution in [0.15, 0.2) is 72.8 Å². The van der Waals surface area contributed by atoms with Gasteiger partial charge in [-0.1, -0.05) is 45.0 Å². The van der Waals surface area contributed by atoms with Crippen molar-refractivity contribution in [2.24, 2.45) is 0 Å². The fourth-order valence-electron chi connectivity index (χ4n) is 2.97. The Labute approximate surface area is 192 Å². The minimum atomic E-state index is -0.523. The van der Waals surface area contributed by atoms with Gasteiger partial charge >= 0.3 is 0 Å². The standard InChI is InChI=1S/C25H24FN3O2S/c1-25(2,3)18-12-10-16(11-13-18)22(30)27-20-8-5-9-21(15-20)28-24(32)29-23(31)17-6-4-7-19(26)14-17/h4-15H,1-3H3,(H,27,30)(H2,28,29,31,32). The molecular formula is C25H24FN3O2S. The Kier molecular flexibility index (Phi) is 7.00. The summed E-state index contributed by atoms with van der Waals surface area (Å²) >= 11 is 5.17. The highest BCUT2D eigenvalue weighted by Gasteiger charge is 2.14. The first kappa shape index (κ1) is 23.1. The molecule has 0 heterocycles. The smallest absolute Gasteiger partial charge is 0.257 e. The van der Waals surface area contributed by atoms with E-state index in [2.05, 4.69) is 36.7 Å². The quantitative estimate of drug-likeness (QED) is 0.460. The van der Waals surface area contributed by atoms with Crippen molar-refractivity contribution >= 4 is 40.5 Å². The third kappa shape index (κ3) is 6.21. The van der Waals surface area contributed by atoms with Gasteiger partial charge in [0.25, 0.3) is 11.8 Å². The molecule has 2 amide bonds.